The predicted octanol–water partition coefficient (Wildman–Crippen LogP) is 5.93. The Labute approximate surface area is 214 Å². The smallest absolute Gasteiger partial charge is 0.326 e. The van der Waals surface area contributed by atoms with Crippen molar-refractivity contribution in [2.45, 2.75) is 25.5 Å². The van der Waals surface area contributed by atoms with Crippen LogP contribution in [0.2, 0.25) is 0 Å². The Kier molecular flexibility index (Phi) is 6.71. The Balaban J connectivity index is 1.31. The van der Waals surface area contributed by atoms with Crippen molar-refractivity contribution < 1.29 is 33.0 Å². The van der Waals surface area contributed by atoms with Gasteiger partial charge in [0.25, 0.3) is 5.91 Å². The normalized spacial score (nSPS) is 15.2. The van der Waals surface area contributed by atoms with Crippen LogP contribution in [0.1, 0.15) is 38.4 Å². The number of thiophene rings is 1. The number of nitrogens with zero attached hydrogens (tertiary/aromatic N) is 1. The van der Waals surface area contributed by atoms with E-state index in [0.29, 0.717) is 57.7 Å². The molecule has 0 saturated carbocycles. The fourth-order valence-corrected chi connectivity index (χ4v) is 5.56. The summed E-state index contributed by atoms with van der Waals surface area (Å²) >= 11 is 1.10. The number of carboxylic acid groups (broad SMARTS) is 1. The van der Waals surface area contributed by atoms with E-state index in [-0.39, 0.29) is 17.9 Å². The maximum absolute atomic E-state index is 14.2. The van der Waals surface area contributed by atoms with Crippen molar-refractivity contribution in [3.8, 4) is 16.9 Å². The summed E-state index contributed by atoms with van der Waals surface area (Å²) in [7, 11) is 0. The highest BCUT2D eigenvalue weighted by Crippen LogP contribution is 2.38. The van der Waals surface area contributed by atoms with E-state index in [1.165, 1.54) is 11.0 Å². The number of likely N-dealkylation sites (tertiary alicyclic amines) is 1. The molecule has 1 saturated heterocycles. The van der Waals surface area contributed by atoms with Gasteiger partial charge in [-0.15, -0.1) is 11.3 Å². The van der Waals surface area contributed by atoms with Crippen LogP contribution in [-0.4, -0.2) is 40.8 Å². The highest BCUT2D eigenvalue weighted by atomic mass is 32.1. The van der Waals surface area contributed by atoms with E-state index in [1.807, 2.05) is 6.07 Å². The first kappa shape index (κ1) is 24.6. The van der Waals surface area contributed by atoms with Gasteiger partial charge >= 0.3 is 5.97 Å². The van der Waals surface area contributed by atoms with Gasteiger partial charge in [-0.1, -0.05) is 24.3 Å². The number of carboxylic acids is 1. The fourth-order valence-electron chi connectivity index (χ4n) is 4.55. The molecule has 5 rings (SSSR count). The number of rotatable bonds is 7. The molecule has 0 aliphatic carbocycles. The molecule has 1 N–H and O–H groups in total. The van der Waals surface area contributed by atoms with Gasteiger partial charge < -0.3 is 14.7 Å². The van der Waals surface area contributed by atoms with E-state index in [9.17, 15) is 28.3 Å². The van der Waals surface area contributed by atoms with E-state index in [0.717, 1.165) is 23.0 Å². The third kappa shape index (κ3) is 4.82. The number of ether oxygens (including phenoxy) is 1. The van der Waals surface area contributed by atoms with Gasteiger partial charge in [-0.2, -0.15) is 0 Å². The van der Waals surface area contributed by atoms with Crippen molar-refractivity contribution >= 4 is 39.6 Å². The second kappa shape index (κ2) is 10.1. The first-order valence-corrected chi connectivity index (χ1v) is 12.4. The van der Waals surface area contributed by atoms with Crippen molar-refractivity contribution in [3.05, 3.63) is 88.3 Å². The van der Waals surface area contributed by atoms with Crippen LogP contribution < -0.4 is 4.74 Å². The molecule has 3 aromatic carbocycles. The molecule has 1 aliphatic heterocycles. The number of aldehydes is 1. The molecule has 1 amide bonds. The molecule has 37 heavy (non-hydrogen) atoms. The van der Waals surface area contributed by atoms with E-state index >= 15 is 0 Å². The molecule has 9 heteroatoms. The highest BCUT2D eigenvalue weighted by Gasteiger charge is 2.34. The van der Waals surface area contributed by atoms with Crippen LogP contribution in [0.15, 0.2) is 60.7 Å². The lowest BCUT2D eigenvalue weighted by Gasteiger charge is -2.21. The van der Waals surface area contributed by atoms with Crippen LogP contribution in [-0.2, 0) is 11.4 Å². The van der Waals surface area contributed by atoms with Crippen molar-refractivity contribution in [2.75, 3.05) is 6.54 Å². The van der Waals surface area contributed by atoms with E-state index in [4.69, 9.17) is 4.74 Å². The fraction of sp³-hybridized carbons (Fsp3) is 0.179. The number of carbonyl (C=O) groups excluding carboxylic acids is 2. The zero-order valence-corrected chi connectivity index (χ0v) is 20.3. The second-order valence-electron chi connectivity index (χ2n) is 8.74. The molecular formula is C28H21F2NO5S. The molecule has 1 aliphatic rings. The number of benzene rings is 3. The zero-order valence-electron chi connectivity index (χ0n) is 19.4. The maximum atomic E-state index is 14.2. The third-order valence-electron chi connectivity index (χ3n) is 6.37. The van der Waals surface area contributed by atoms with Crippen LogP contribution in [0.4, 0.5) is 8.78 Å². The lowest BCUT2D eigenvalue weighted by molar-refractivity contribution is -0.141. The lowest BCUT2D eigenvalue weighted by atomic mass is 10.0. The molecule has 0 unspecified atom stereocenters. The minimum atomic E-state index is -0.999. The van der Waals surface area contributed by atoms with Gasteiger partial charge in [0.2, 0.25) is 0 Å². The number of hydrogen-bond acceptors (Lipinski definition) is 5. The SMILES string of the molecule is O=Cc1cc2c(F)c(F)cc(-c3ccc(OCc4cccc(C(=O)N5CCC[C@H]5C(=O)O)c4)cc3)c2s1. The standard InChI is InChI=1S/C28H21F2NO5S/c29-23-13-21(26-22(25(23)30)12-20(14-32)37-26)17-6-8-19(9-7-17)36-15-16-3-1-4-18(11-16)27(33)31-10-2-5-24(31)28(34)35/h1,3-4,6-9,11-14,24H,2,5,10,15H2,(H,34,35)/t24-/m0/s1. The number of hydrogen-bond donors (Lipinski definition) is 1. The average Bonchev–Trinajstić information content (AvgIpc) is 3.58. The molecule has 1 aromatic heterocycles. The summed E-state index contributed by atoms with van der Waals surface area (Å²) in [5.41, 5.74) is 2.26. The monoisotopic (exact) mass is 521 g/mol. The Hall–Kier alpha value is -4.11. The van der Waals surface area contributed by atoms with Crippen LogP contribution in [0.25, 0.3) is 21.2 Å². The van der Waals surface area contributed by atoms with Crippen molar-refractivity contribution in [2.24, 2.45) is 0 Å². The van der Waals surface area contributed by atoms with Gasteiger partial charge in [-0.25, -0.2) is 13.6 Å². The molecule has 6 nitrogen and oxygen atoms in total. The highest BCUT2D eigenvalue weighted by molar-refractivity contribution is 7.21. The Bertz CT molecular complexity index is 1520. The number of halogens is 2. The third-order valence-corrected chi connectivity index (χ3v) is 7.47. The molecule has 188 valence electrons. The van der Waals surface area contributed by atoms with Crippen molar-refractivity contribution in [1.82, 2.24) is 4.90 Å². The summed E-state index contributed by atoms with van der Waals surface area (Å²) in [6, 6.07) is 15.4. The molecule has 0 bridgehead atoms. The Morgan fingerprint density at radius 3 is 2.62 bits per heavy atom. The first-order chi connectivity index (χ1) is 17.9. The largest absolute Gasteiger partial charge is 0.489 e. The molecule has 1 fully saturated rings. The first-order valence-electron chi connectivity index (χ1n) is 11.6. The number of amides is 1. The van der Waals surface area contributed by atoms with Gasteiger partial charge in [-0.3, -0.25) is 9.59 Å². The van der Waals surface area contributed by atoms with E-state index in [2.05, 4.69) is 0 Å². The summed E-state index contributed by atoms with van der Waals surface area (Å²) in [6.07, 6.45) is 1.71. The summed E-state index contributed by atoms with van der Waals surface area (Å²) in [5.74, 6) is -2.76. The molecule has 4 aromatic rings. The summed E-state index contributed by atoms with van der Waals surface area (Å²) in [5, 5.41) is 9.43. The topological polar surface area (TPSA) is 83.9 Å². The molecule has 0 spiro atoms. The second-order valence-corrected chi connectivity index (χ2v) is 9.82. The van der Waals surface area contributed by atoms with Gasteiger partial charge in [-0.05, 0) is 60.4 Å². The molecule has 2 heterocycles. The predicted molar refractivity (Wildman–Crippen MR) is 135 cm³/mol. The summed E-state index contributed by atoms with van der Waals surface area (Å²) in [4.78, 5) is 37.2. The van der Waals surface area contributed by atoms with E-state index < -0.39 is 23.6 Å². The van der Waals surface area contributed by atoms with Gasteiger partial charge in [0.05, 0.1) is 4.88 Å². The average molecular weight is 522 g/mol. The van der Waals surface area contributed by atoms with Gasteiger partial charge in [0.1, 0.15) is 18.4 Å². The summed E-state index contributed by atoms with van der Waals surface area (Å²) < 4.78 is 34.8. The summed E-state index contributed by atoms with van der Waals surface area (Å²) in [6.45, 7) is 0.584. The van der Waals surface area contributed by atoms with Gasteiger partial charge in [0.15, 0.2) is 17.9 Å². The number of fused-ring (bicyclic) bond motifs is 1. The quantitative estimate of drug-likeness (QED) is 0.305. The Morgan fingerprint density at radius 2 is 1.89 bits per heavy atom. The Morgan fingerprint density at radius 1 is 1.11 bits per heavy atom. The van der Waals surface area contributed by atoms with Crippen LogP contribution >= 0.6 is 11.3 Å². The van der Waals surface area contributed by atoms with Gasteiger partial charge in [0, 0.05) is 27.8 Å². The van der Waals surface area contributed by atoms with E-state index in [1.54, 1.807) is 42.5 Å². The molecule has 1 atom stereocenters. The molecular weight excluding hydrogens is 500 g/mol. The molecule has 0 radical (unpaired) electrons. The lowest BCUT2D eigenvalue weighted by Crippen LogP contribution is -2.40. The number of aliphatic carboxylic acids is 1. The number of carbonyl (C=O) groups is 3. The zero-order chi connectivity index (χ0) is 26.1. The van der Waals surface area contributed by atoms with Crippen molar-refractivity contribution in [1.29, 1.82) is 0 Å². The van der Waals surface area contributed by atoms with Crippen molar-refractivity contribution in [3.63, 3.8) is 0 Å². The van der Waals surface area contributed by atoms with Crippen LogP contribution in [0, 0.1) is 11.6 Å². The minimum Gasteiger partial charge on any atom is -0.489 e. The maximum Gasteiger partial charge on any atom is 0.326 e. The van der Waals surface area contributed by atoms with Crippen LogP contribution in [0.5, 0.6) is 5.75 Å². The minimum absolute atomic E-state index is 0.0699. The van der Waals surface area contributed by atoms with Crippen LogP contribution in [0.3, 0.4) is 0 Å².